The summed E-state index contributed by atoms with van der Waals surface area (Å²) in [7, 11) is 0. The lowest BCUT2D eigenvalue weighted by Gasteiger charge is -2.21. The molecule has 0 saturated carbocycles. The van der Waals surface area contributed by atoms with Crippen LogP contribution in [0.4, 0.5) is 0 Å². The fourth-order valence-electron chi connectivity index (χ4n) is 3.94. The van der Waals surface area contributed by atoms with E-state index in [1.807, 2.05) is 48.5 Å². The third-order valence-corrected chi connectivity index (χ3v) is 8.33. The minimum atomic E-state index is 0.591. The van der Waals surface area contributed by atoms with Crippen LogP contribution in [-0.4, -0.2) is 6.21 Å². The van der Waals surface area contributed by atoms with E-state index in [-0.39, 0.29) is 0 Å². The highest BCUT2D eigenvalue weighted by atomic mass is 14.3. The molecule has 0 aromatic carbocycles. The molecule has 0 atom stereocenters. The van der Waals surface area contributed by atoms with Gasteiger partial charge >= 0.3 is 0 Å². The topological polar surface area (TPSA) is 23.9 Å². The molecule has 51 heavy (non-hydrogen) atoms. The zero-order valence-electron chi connectivity index (χ0n) is 39.5. The maximum atomic E-state index is 7.59. The normalized spacial score (nSPS) is 11.7. The van der Waals surface area contributed by atoms with E-state index in [4.69, 9.17) is 5.41 Å². The van der Waals surface area contributed by atoms with Gasteiger partial charge in [-0.1, -0.05) is 229 Å². The average molecular weight is 718 g/mol. The van der Waals surface area contributed by atoms with Gasteiger partial charge in [-0.15, -0.1) is 0 Å². The van der Waals surface area contributed by atoms with Crippen LogP contribution in [0.3, 0.4) is 0 Å². The number of hydrogen-bond donors (Lipinski definition) is 1. The summed E-state index contributed by atoms with van der Waals surface area (Å²) < 4.78 is 0. The first-order valence-corrected chi connectivity index (χ1v) is 22.3. The van der Waals surface area contributed by atoms with Crippen LogP contribution in [-0.2, 0) is 0 Å². The molecule has 0 spiro atoms. The van der Waals surface area contributed by atoms with Crippen molar-refractivity contribution >= 4 is 6.21 Å². The van der Waals surface area contributed by atoms with Gasteiger partial charge in [-0.2, -0.15) is 0 Å². The van der Waals surface area contributed by atoms with Crippen LogP contribution in [0.1, 0.15) is 254 Å². The zero-order chi connectivity index (χ0) is 41.4. The van der Waals surface area contributed by atoms with Crippen molar-refractivity contribution < 1.29 is 0 Å². The van der Waals surface area contributed by atoms with Crippen LogP contribution in [0.15, 0.2) is 58.7 Å². The van der Waals surface area contributed by atoms with Crippen LogP contribution in [0, 0.1) is 10.8 Å². The molecule has 0 heterocycles. The molecule has 0 unspecified atom stereocenters. The lowest BCUT2D eigenvalue weighted by Crippen LogP contribution is -2.08. The van der Waals surface area contributed by atoms with Crippen LogP contribution < -0.4 is 0 Å². The van der Waals surface area contributed by atoms with E-state index in [0.717, 1.165) is 19.3 Å². The highest BCUT2D eigenvalue weighted by Gasteiger charge is 2.13. The van der Waals surface area contributed by atoms with Gasteiger partial charge in [-0.3, -0.25) is 0 Å². The minimum Gasteiger partial charge on any atom is -0.308 e. The van der Waals surface area contributed by atoms with Gasteiger partial charge < -0.3 is 5.41 Å². The maximum absolute atomic E-state index is 7.59. The second kappa shape index (κ2) is 57.7. The Bertz CT molecular complexity index is 745. The third kappa shape index (κ3) is 60.8. The molecular weight excluding hydrogens is 615 g/mol. The second-order valence-electron chi connectivity index (χ2n) is 13.6. The van der Waals surface area contributed by atoms with Gasteiger partial charge in [-0.05, 0) is 88.7 Å². The summed E-state index contributed by atoms with van der Waals surface area (Å²) in [5, 5.41) is 7.59. The zero-order valence-corrected chi connectivity index (χ0v) is 39.5. The Morgan fingerprint density at radius 2 is 1.02 bits per heavy atom. The lowest BCUT2D eigenvalue weighted by atomic mass is 9.84. The van der Waals surface area contributed by atoms with E-state index >= 15 is 0 Å². The molecule has 1 N–H and O–H groups in total. The Balaban J connectivity index is -0.000000100. The second-order valence-corrected chi connectivity index (χ2v) is 13.6. The van der Waals surface area contributed by atoms with Crippen LogP contribution in [0.2, 0.25) is 0 Å². The van der Waals surface area contributed by atoms with Crippen molar-refractivity contribution in [3.63, 3.8) is 0 Å². The van der Waals surface area contributed by atoms with Gasteiger partial charge in [0.15, 0.2) is 0 Å². The summed E-state index contributed by atoms with van der Waals surface area (Å²) in [5.74, 6) is 0. The molecule has 1 heteroatoms. The van der Waals surface area contributed by atoms with Crippen molar-refractivity contribution in [3.8, 4) is 0 Å². The first kappa shape index (κ1) is 64.3. The average Bonchev–Trinajstić information content (AvgIpc) is 3.16. The van der Waals surface area contributed by atoms with Crippen LogP contribution in [0.25, 0.3) is 0 Å². The van der Waals surface area contributed by atoms with Crippen molar-refractivity contribution in [3.05, 3.63) is 58.7 Å². The highest BCUT2D eigenvalue weighted by molar-refractivity contribution is 5.77. The Hall–Kier alpha value is -1.63. The molecule has 0 aromatic heterocycles. The number of rotatable bonds is 18. The minimum absolute atomic E-state index is 0.591. The molecule has 1 aliphatic carbocycles. The van der Waals surface area contributed by atoms with Gasteiger partial charge in [0.25, 0.3) is 0 Å². The SMILES string of the molecule is C=C(C)C/C=C\C(CCCC)=C(/C=N)CCCC.CC.CC.CC.CC1=CCCC=C1C.CCCC.CCCC.CCCCCCC(C)(C)CC. The largest absolute Gasteiger partial charge is 0.308 e. The maximum Gasteiger partial charge on any atom is 0.0212 e. The van der Waals surface area contributed by atoms with Crippen molar-refractivity contribution in [2.75, 3.05) is 0 Å². The standard InChI is InChI=1S/C17H29N.C11H24.C8H12.2C4H10.3C2H6/c1-5-7-11-16(13-9-10-15(3)4)17(14-18)12-8-6-2;1-5-7-8-9-10-11(3,4)6-2;1-7-5-3-4-6-8(7)2;2*1-3-4-2;3*1-2/h9,13-14,18H,3,5-8,10-12H2,1-2,4H3;5-10H2,1-4H3;5-6H,3-4H2,1-2H3;2*3-4H2,1-2H3;3*1-2H3/b13-9-,17-16-,18-14?;;;;;;;. The Morgan fingerprint density at radius 3 is 1.31 bits per heavy atom. The molecule has 0 saturated heterocycles. The predicted octanol–water partition coefficient (Wildman–Crippen LogP) is 19.6. The van der Waals surface area contributed by atoms with Crippen molar-refractivity contribution in [1.29, 1.82) is 5.41 Å². The Kier molecular flexibility index (Phi) is 72.8. The van der Waals surface area contributed by atoms with E-state index in [2.05, 4.69) is 114 Å². The molecule has 0 fully saturated rings. The van der Waals surface area contributed by atoms with Crippen molar-refractivity contribution in [1.82, 2.24) is 0 Å². The monoisotopic (exact) mass is 718 g/mol. The highest BCUT2D eigenvalue weighted by Crippen LogP contribution is 2.27. The van der Waals surface area contributed by atoms with Crippen LogP contribution in [0.5, 0.6) is 0 Å². The number of nitrogens with one attached hydrogen (secondary N) is 1. The molecule has 0 aliphatic heterocycles. The molecular formula is C50H103N. The fraction of sp³-hybridized carbons (Fsp3) is 0.780. The van der Waals surface area contributed by atoms with E-state index in [1.165, 1.54) is 131 Å². The van der Waals surface area contributed by atoms with E-state index in [9.17, 15) is 0 Å². The van der Waals surface area contributed by atoms with E-state index in [0.29, 0.717) is 5.41 Å². The number of unbranched alkanes of at least 4 members (excludes halogenated alkanes) is 7. The van der Waals surface area contributed by atoms with Gasteiger partial charge in [-0.25, -0.2) is 0 Å². The quantitative estimate of drug-likeness (QED) is 0.0632. The summed E-state index contributed by atoms with van der Waals surface area (Å²) in [6, 6.07) is 0. The summed E-state index contributed by atoms with van der Waals surface area (Å²) in [5.41, 5.74) is 7.25. The van der Waals surface area contributed by atoms with Crippen LogP contribution >= 0.6 is 0 Å². The van der Waals surface area contributed by atoms with Gasteiger partial charge in [0.1, 0.15) is 0 Å². The van der Waals surface area contributed by atoms with Crippen molar-refractivity contribution in [2.45, 2.75) is 254 Å². The Labute approximate surface area is 328 Å². The third-order valence-electron chi connectivity index (χ3n) is 8.33. The molecule has 308 valence electrons. The molecule has 0 bridgehead atoms. The molecule has 0 radical (unpaired) electrons. The summed E-state index contributed by atoms with van der Waals surface area (Å²) in [6.07, 6.45) is 34.5. The van der Waals surface area contributed by atoms with Gasteiger partial charge in [0, 0.05) is 6.21 Å². The fourth-order valence-corrected chi connectivity index (χ4v) is 3.94. The lowest BCUT2D eigenvalue weighted by molar-refractivity contribution is 0.308. The molecule has 1 rings (SSSR count). The van der Waals surface area contributed by atoms with E-state index in [1.54, 1.807) is 6.21 Å². The first-order valence-electron chi connectivity index (χ1n) is 22.3. The Morgan fingerprint density at radius 1 is 0.627 bits per heavy atom. The first-order chi connectivity index (χ1) is 24.4. The molecule has 1 aliphatic rings. The summed E-state index contributed by atoms with van der Waals surface area (Å²) in [4.78, 5) is 0. The smallest absolute Gasteiger partial charge is 0.0212 e. The predicted molar refractivity (Wildman–Crippen MR) is 248 cm³/mol. The molecule has 0 aromatic rings. The number of allylic oxidation sites excluding steroid dienone is 9. The molecule has 0 amide bonds. The number of hydrogen-bond acceptors (Lipinski definition) is 1. The summed E-state index contributed by atoms with van der Waals surface area (Å²) in [6.45, 7) is 44.8. The van der Waals surface area contributed by atoms with Gasteiger partial charge in [0.2, 0.25) is 0 Å². The van der Waals surface area contributed by atoms with E-state index < -0.39 is 0 Å². The van der Waals surface area contributed by atoms with Gasteiger partial charge in [0.05, 0.1) is 0 Å². The molecule has 1 nitrogen and oxygen atoms in total. The summed E-state index contributed by atoms with van der Waals surface area (Å²) >= 11 is 0. The van der Waals surface area contributed by atoms with Crippen molar-refractivity contribution in [2.24, 2.45) is 5.41 Å².